The van der Waals surface area contributed by atoms with Crippen molar-refractivity contribution in [2.75, 3.05) is 12.4 Å². The summed E-state index contributed by atoms with van der Waals surface area (Å²) in [7, 11) is 1.60. The van der Waals surface area contributed by atoms with Crippen molar-refractivity contribution < 1.29 is 19.2 Å². The number of benzene rings is 2. The van der Waals surface area contributed by atoms with E-state index < -0.39 is 10.9 Å². The predicted octanol–water partition coefficient (Wildman–Crippen LogP) is 4.16. The fourth-order valence-corrected chi connectivity index (χ4v) is 2.91. The molecule has 0 amide bonds. The Hall–Kier alpha value is -3.46. The van der Waals surface area contributed by atoms with Gasteiger partial charge in [0.2, 0.25) is 0 Å². The van der Waals surface area contributed by atoms with Crippen LogP contribution in [-0.4, -0.2) is 23.0 Å². The third-order valence-electron chi connectivity index (χ3n) is 3.54. The van der Waals surface area contributed by atoms with E-state index in [0.717, 1.165) is 11.4 Å². The Balaban J connectivity index is 1.58. The van der Waals surface area contributed by atoms with Gasteiger partial charge in [0.25, 0.3) is 5.69 Å². The summed E-state index contributed by atoms with van der Waals surface area (Å²) in [5.41, 5.74) is 1.39. The zero-order chi connectivity index (χ0) is 19.2. The number of ether oxygens (including phenoxy) is 2. The predicted molar refractivity (Wildman–Crippen MR) is 101 cm³/mol. The summed E-state index contributed by atoms with van der Waals surface area (Å²) in [6.45, 7) is -0.0255. The van der Waals surface area contributed by atoms with E-state index >= 15 is 0 Å². The van der Waals surface area contributed by atoms with Gasteiger partial charge in [0.05, 0.1) is 23.3 Å². The number of methoxy groups -OCH3 is 1. The topological polar surface area (TPSA) is 104 Å². The van der Waals surface area contributed by atoms with Crippen LogP contribution in [0.4, 0.5) is 16.5 Å². The molecule has 0 aliphatic carbocycles. The van der Waals surface area contributed by atoms with Crippen molar-refractivity contribution in [2.45, 2.75) is 6.61 Å². The number of nitro benzene ring substituents is 1. The Labute approximate surface area is 158 Å². The van der Waals surface area contributed by atoms with Gasteiger partial charge in [-0.05, 0) is 30.3 Å². The molecule has 1 aromatic heterocycles. The number of non-ortho nitro benzene ring substituents is 1. The molecule has 0 aliphatic heterocycles. The van der Waals surface area contributed by atoms with Crippen molar-refractivity contribution in [1.82, 2.24) is 4.98 Å². The van der Waals surface area contributed by atoms with Crippen LogP contribution in [0.25, 0.3) is 0 Å². The summed E-state index contributed by atoms with van der Waals surface area (Å²) < 4.78 is 10.3. The van der Waals surface area contributed by atoms with Crippen LogP contribution < -0.4 is 10.1 Å². The van der Waals surface area contributed by atoms with Crippen LogP contribution >= 0.6 is 11.3 Å². The molecule has 0 radical (unpaired) electrons. The Kier molecular flexibility index (Phi) is 5.62. The molecule has 1 N–H and O–H groups in total. The van der Waals surface area contributed by atoms with E-state index in [-0.39, 0.29) is 17.9 Å². The highest BCUT2D eigenvalue weighted by Gasteiger charge is 2.13. The Morgan fingerprint density at radius 3 is 2.74 bits per heavy atom. The van der Waals surface area contributed by atoms with Crippen molar-refractivity contribution in [3.05, 3.63) is 75.3 Å². The number of hydrogen-bond donors (Lipinski definition) is 1. The first-order valence-corrected chi connectivity index (χ1v) is 8.70. The first kappa shape index (κ1) is 18.3. The highest BCUT2D eigenvalue weighted by Crippen LogP contribution is 2.23. The molecule has 8 nitrogen and oxygen atoms in total. The third kappa shape index (κ3) is 4.79. The zero-order valence-electron chi connectivity index (χ0n) is 14.2. The third-order valence-corrected chi connectivity index (χ3v) is 4.34. The standard InChI is InChI=1S/C18H15N3O5S/c1-25-16-7-5-13(6-8-16)19-18-20-14(11-27-18)10-26-17(22)12-3-2-4-15(9-12)21(23)24/h2-9,11H,10H2,1H3,(H,19,20). The molecule has 0 atom stereocenters. The number of anilines is 2. The molecule has 2 aromatic carbocycles. The quantitative estimate of drug-likeness (QED) is 0.370. The lowest BCUT2D eigenvalue weighted by atomic mass is 10.2. The number of rotatable bonds is 7. The number of carbonyl (C=O) groups is 1. The summed E-state index contributed by atoms with van der Waals surface area (Å²) >= 11 is 1.37. The lowest BCUT2D eigenvalue weighted by molar-refractivity contribution is -0.384. The number of carbonyl (C=O) groups excluding carboxylic acids is 1. The SMILES string of the molecule is COc1ccc(Nc2nc(COC(=O)c3cccc([N+](=O)[O-])c3)cs2)cc1. The highest BCUT2D eigenvalue weighted by atomic mass is 32.1. The minimum Gasteiger partial charge on any atom is -0.497 e. The molecule has 0 bridgehead atoms. The van der Waals surface area contributed by atoms with Crippen LogP contribution in [-0.2, 0) is 11.3 Å². The first-order chi connectivity index (χ1) is 13.0. The largest absolute Gasteiger partial charge is 0.497 e. The van der Waals surface area contributed by atoms with Crippen LogP contribution in [0.3, 0.4) is 0 Å². The van der Waals surface area contributed by atoms with Crippen LogP contribution in [0.15, 0.2) is 53.9 Å². The van der Waals surface area contributed by atoms with Crippen molar-refractivity contribution in [2.24, 2.45) is 0 Å². The van der Waals surface area contributed by atoms with Crippen LogP contribution in [0.5, 0.6) is 5.75 Å². The van der Waals surface area contributed by atoms with Crippen LogP contribution in [0.2, 0.25) is 0 Å². The molecule has 1 heterocycles. The molecular formula is C18H15N3O5S. The van der Waals surface area contributed by atoms with E-state index in [4.69, 9.17) is 9.47 Å². The second kappa shape index (κ2) is 8.28. The van der Waals surface area contributed by atoms with E-state index in [1.807, 2.05) is 24.3 Å². The molecule has 9 heteroatoms. The number of aromatic nitrogens is 1. The van der Waals surface area contributed by atoms with Crippen molar-refractivity contribution in [3.63, 3.8) is 0 Å². The second-order valence-corrected chi connectivity index (χ2v) is 6.24. The minimum atomic E-state index is -0.642. The van der Waals surface area contributed by atoms with E-state index in [1.54, 1.807) is 12.5 Å². The average Bonchev–Trinajstić information content (AvgIpc) is 3.14. The van der Waals surface area contributed by atoms with Crippen molar-refractivity contribution >= 4 is 33.8 Å². The molecule has 3 aromatic rings. The van der Waals surface area contributed by atoms with Crippen molar-refractivity contribution in [3.8, 4) is 5.75 Å². The maximum absolute atomic E-state index is 12.1. The van der Waals surface area contributed by atoms with Gasteiger partial charge in [-0.3, -0.25) is 10.1 Å². The fraction of sp³-hybridized carbons (Fsp3) is 0.111. The molecule has 0 fully saturated rings. The van der Waals surface area contributed by atoms with Gasteiger partial charge >= 0.3 is 5.97 Å². The summed E-state index contributed by atoms with van der Waals surface area (Å²) in [6.07, 6.45) is 0. The highest BCUT2D eigenvalue weighted by molar-refractivity contribution is 7.13. The molecular weight excluding hydrogens is 370 g/mol. The summed E-state index contributed by atoms with van der Waals surface area (Å²) in [5, 5.41) is 16.4. The molecule has 0 spiro atoms. The smallest absolute Gasteiger partial charge is 0.338 e. The van der Waals surface area contributed by atoms with Gasteiger partial charge in [-0.15, -0.1) is 11.3 Å². The van der Waals surface area contributed by atoms with Gasteiger partial charge in [0, 0.05) is 23.2 Å². The van der Waals surface area contributed by atoms with E-state index in [0.29, 0.717) is 10.8 Å². The zero-order valence-corrected chi connectivity index (χ0v) is 15.1. The Morgan fingerprint density at radius 2 is 2.04 bits per heavy atom. The Bertz CT molecular complexity index is 956. The number of nitrogens with zero attached hydrogens (tertiary/aromatic N) is 2. The number of nitro groups is 1. The number of thiazole rings is 1. The first-order valence-electron chi connectivity index (χ1n) is 7.82. The average molecular weight is 385 g/mol. The van der Waals surface area contributed by atoms with Gasteiger partial charge in [-0.2, -0.15) is 0 Å². The molecule has 3 rings (SSSR count). The van der Waals surface area contributed by atoms with E-state index in [9.17, 15) is 14.9 Å². The molecule has 0 saturated carbocycles. The minimum absolute atomic E-state index is 0.0255. The maximum Gasteiger partial charge on any atom is 0.338 e. The molecule has 138 valence electrons. The van der Waals surface area contributed by atoms with E-state index in [1.165, 1.54) is 35.6 Å². The summed E-state index contributed by atoms with van der Waals surface area (Å²) in [4.78, 5) is 26.6. The molecule has 27 heavy (non-hydrogen) atoms. The van der Waals surface area contributed by atoms with Crippen LogP contribution in [0, 0.1) is 10.1 Å². The normalized spacial score (nSPS) is 10.3. The number of nitrogens with one attached hydrogen (secondary N) is 1. The van der Waals surface area contributed by atoms with Gasteiger partial charge < -0.3 is 14.8 Å². The van der Waals surface area contributed by atoms with E-state index in [2.05, 4.69) is 10.3 Å². The Morgan fingerprint density at radius 1 is 1.26 bits per heavy atom. The summed E-state index contributed by atoms with van der Waals surface area (Å²) in [6, 6.07) is 12.8. The number of esters is 1. The number of hydrogen-bond acceptors (Lipinski definition) is 8. The lowest BCUT2D eigenvalue weighted by Gasteiger charge is -2.04. The van der Waals surface area contributed by atoms with Gasteiger partial charge in [-0.25, -0.2) is 9.78 Å². The fourth-order valence-electron chi connectivity index (χ4n) is 2.20. The van der Waals surface area contributed by atoms with Gasteiger partial charge in [0.15, 0.2) is 5.13 Å². The monoisotopic (exact) mass is 385 g/mol. The van der Waals surface area contributed by atoms with Gasteiger partial charge in [-0.1, -0.05) is 6.07 Å². The molecule has 0 unspecified atom stereocenters. The second-order valence-electron chi connectivity index (χ2n) is 5.38. The summed E-state index contributed by atoms with van der Waals surface area (Å²) in [5.74, 6) is 0.116. The van der Waals surface area contributed by atoms with Crippen molar-refractivity contribution in [1.29, 1.82) is 0 Å². The molecule has 0 saturated heterocycles. The van der Waals surface area contributed by atoms with Crippen LogP contribution in [0.1, 0.15) is 16.1 Å². The maximum atomic E-state index is 12.1. The molecule has 0 aliphatic rings. The van der Waals surface area contributed by atoms with Gasteiger partial charge in [0.1, 0.15) is 12.4 Å². The lowest BCUT2D eigenvalue weighted by Crippen LogP contribution is -2.06.